The average molecular weight is 274 g/mol. The maximum Gasteiger partial charge on any atom is 0.401 e. The van der Waals surface area contributed by atoms with Crippen molar-refractivity contribution in [3.8, 4) is 0 Å². The van der Waals surface area contributed by atoms with E-state index < -0.39 is 12.7 Å². The summed E-state index contributed by atoms with van der Waals surface area (Å²) in [5.41, 5.74) is 3.06. The van der Waals surface area contributed by atoms with Crippen LogP contribution in [0.15, 0.2) is 18.2 Å². The molecule has 2 nitrogen and oxygen atoms in total. The normalized spacial score (nSPS) is 12.2. The topological polar surface area (TPSA) is 15.3 Å². The Morgan fingerprint density at radius 2 is 1.89 bits per heavy atom. The second kappa shape index (κ2) is 6.91. The second-order valence-electron chi connectivity index (χ2n) is 4.86. The number of likely N-dealkylation sites (N-methyl/N-ethyl adjacent to an activating group) is 1. The summed E-state index contributed by atoms with van der Waals surface area (Å²) in [5, 5.41) is 2.89. The van der Waals surface area contributed by atoms with Gasteiger partial charge in [-0.05, 0) is 32.0 Å². The third kappa shape index (κ3) is 6.07. The number of aryl methyl sites for hydroxylation is 2. The zero-order valence-corrected chi connectivity index (χ0v) is 11.6. The van der Waals surface area contributed by atoms with Gasteiger partial charge in [-0.1, -0.05) is 23.8 Å². The van der Waals surface area contributed by atoms with Gasteiger partial charge in [0.1, 0.15) is 0 Å². The zero-order chi connectivity index (χ0) is 14.5. The lowest BCUT2D eigenvalue weighted by atomic mass is 10.1. The fourth-order valence-electron chi connectivity index (χ4n) is 1.95. The minimum Gasteiger partial charge on any atom is -0.318 e. The van der Waals surface area contributed by atoms with Crippen LogP contribution in [-0.2, 0) is 6.54 Å². The molecule has 0 bridgehead atoms. The molecule has 0 unspecified atom stereocenters. The molecule has 0 saturated heterocycles. The molecule has 0 spiro atoms. The van der Waals surface area contributed by atoms with E-state index in [0.29, 0.717) is 19.6 Å². The highest BCUT2D eigenvalue weighted by Gasteiger charge is 2.30. The van der Waals surface area contributed by atoms with E-state index in [1.54, 1.807) is 7.05 Å². The van der Waals surface area contributed by atoms with Crippen LogP contribution in [0.3, 0.4) is 0 Å². The van der Waals surface area contributed by atoms with Crippen molar-refractivity contribution in [1.29, 1.82) is 0 Å². The van der Waals surface area contributed by atoms with Gasteiger partial charge in [-0.15, -0.1) is 0 Å². The van der Waals surface area contributed by atoms with Gasteiger partial charge in [-0.2, -0.15) is 13.2 Å². The Kier molecular flexibility index (Phi) is 5.82. The molecule has 0 aliphatic carbocycles. The van der Waals surface area contributed by atoms with E-state index in [1.165, 1.54) is 4.90 Å². The van der Waals surface area contributed by atoms with Crippen LogP contribution in [0, 0.1) is 13.8 Å². The maximum absolute atomic E-state index is 12.6. The predicted octanol–water partition coefficient (Wildman–Crippen LogP) is 2.89. The van der Waals surface area contributed by atoms with Gasteiger partial charge >= 0.3 is 6.18 Å². The molecule has 0 atom stereocenters. The Morgan fingerprint density at radius 3 is 2.47 bits per heavy atom. The summed E-state index contributed by atoms with van der Waals surface area (Å²) in [6, 6.07) is 5.88. The first-order valence-corrected chi connectivity index (χ1v) is 6.31. The highest BCUT2D eigenvalue weighted by atomic mass is 19.4. The first-order chi connectivity index (χ1) is 8.81. The average Bonchev–Trinajstić information content (AvgIpc) is 2.29. The Labute approximate surface area is 112 Å². The Balaban J connectivity index is 2.78. The summed E-state index contributed by atoms with van der Waals surface area (Å²) >= 11 is 0. The van der Waals surface area contributed by atoms with Gasteiger partial charge < -0.3 is 5.32 Å². The SMILES string of the molecule is CNCCN(Cc1cc(C)ccc1C)CC(F)(F)F. The van der Waals surface area contributed by atoms with E-state index in [2.05, 4.69) is 5.32 Å². The number of halogens is 3. The molecule has 0 aliphatic rings. The molecule has 0 saturated carbocycles. The third-order valence-electron chi connectivity index (χ3n) is 2.98. The van der Waals surface area contributed by atoms with E-state index in [9.17, 15) is 13.2 Å². The number of benzene rings is 1. The number of alkyl halides is 3. The van der Waals surface area contributed by atoms with Gasteiger partial charge in [0.25, 0.3) is 0 Å². The summed E-state index contributed by atoms with van der Waals surface area (Å²) in [5.74, 6) is 0. The quantitative estimate of drug-likeness (QED) is 0.858. The lowest BCUT2D eigenvalue weighted by molar-refractivity contribution is -0.146. The summed E-state index contributed by atoms with van der Waals surface area (Å²) < 4.78 is 37.7. The van der Waals surface area contributed by atoms with Crippen molar-refractivity contribution in [2.75, 3.05) is 26.7 Å². The molecule has 1 rings (SSSR count). The minimum absolute atomic E-state index is 0.328. The van der Waals surface area contributed by atoms with E-state index in [-0.39, 0.29) is 0 Å². The molecule has 0 radical (unpaired) electrons. The van der Waals surface area contributed by atoms with Crippen molar-refractivity contribution in [3.63, 3.8) is 0 Å². The zero-order valence-electron chi connectivity index (χ0n) is 11.6. The van der Waals surface area contributed by atoms with E-state index >= 15 is 0 Å². The lowest BCUT2D eigenvalue weighted by Crippen LogP contribution is -2.37. The van der Waals surface area contributed by atoms with Gasteiger partial charge in [0, 0.05) is 19.6 Å². The monoisotopic (exact) mass is 274 g/mol. The number of rotatable bonds is 6. The highest BCUT2D eigenvalue weighted by molar-refractivity contribution is 5.30. The van der Waals surface area contributed by atoms with Crippen molar-refractivity contribution in [1.82, 2.24) is 10.2 Å². The highest BCUT2D eigenvalue weighted by Crippen LogP contribution is 2.19. The van der Waals surface area contributed by atoms with E-state index in [0.717, 1.165) is 16.7 Å². The number of nitrogens with zero attached hydrogens (tertiary/aromatic N) is 1. The van der Waals surface area contributed by atoms with Gasteiger partial charge in [-0.25, -0.2) is 0 Å². The van der Waals surface area contributed by atoms with Gasteiger partial charge in [0.05, 0.1) is 6.54 Å². The standard InChI is InChI=1S/C14H21F3N2/c1-11-4-5-12(2)13(8-11)9-19(7-6-18-3)10-14(15,16)17/h4-5,8,18H,6-7,9-10H2,1-3H3. The fourth-order valence-corrected chi connectivity index (χ4v) is 1.95. The first-order valence-electron chi connectivity index (χ1n) is 6.31. The summed E-state index contributed by atoms with van der Waals surface area (Å²) in [6.07, 6.45) is -4.16. The first kappa shape index (κ1) is 16.0. The largest absolute Gasteiger partial charge is 0.401 e. The van der Waals surface area contributed by atoms with Crippen molar-refractivity contribution in [2.45, 2.75) is 26.6 Å². The smallest absolute Gasteiger partial charge is 0.318 e. The van der Waals surface area contributed by atoms with Gasteiger partial charge in [0.2, 0.25) is 0 Å². The van der Waals surface area contributed by atoms with Crippen LogP contribution in [0.4, 0.5) is 13.2 Å². The summed E-state index contributed by atoms with van der Waals surface area (Å²) in [7, 11) is 1.74. The number of hydrogen-bond donors (Lipinski definition) is 1. The van der Waals surface area contributed by atoms with Crippen LogP contribution in [0.25, 0.3) is 0 Å². The summed E-state index contributed by atoms with van der Waals surface area (Å²) in [4.78, 5) is 1.43. The molecule has 19 heavy (non-hydrogen) atoms. The third-order valence-corrected chi connectivity index (χ3v) is 2.98. The predicted molar refractivity (Wildman–Crippen MR) is 71.2 cm³/mol. The molecule has 5 heteroatoms. The van der Waals surface area contributed by atoms with E-state index in [1.807, 2.05) is 32.0 Å². The number of hydrogen-bond acceptors (Lipinski definition) is 2. The van der Waals surface area contributed by atoms with Crippen LogP contribution in [0.5, 0.6) is 0 Å². The maximum atomic E-state index is 12.6. The molecular formula is C14H21F3N2. The Hall–Kier alpha value is -1.07. The Bertz CT molecular complexity index is 402. The van der Waals surface area contributed by atoms with Gasteiger partial charge in [-0.3, -0.25) is 4.90 Å². The molecule has 0 heterocycles. The van der Waals surface area contributed by atoms with Crippen LogP contribution >= 0.6 is 0 Å². The molecule has 108 valence electrons. The van der Waals surface area contributed by atoms with Gasteiger partial charge in [0.15, 0.2) is 0 Å². The number of nitrogens with one attached hydrogen (secondary N) is 1. The molecule has 1 aromatic carbocycles. The van der Waals surface area contributed by atoms with Crippen molar-refractivity contribution < 1.29 is 13.2 Å². The minimum atomic E-state index is -4.16. The molecule has 0 amide bonds. The van der Waals surface area contributed by atoms with Crippen molar-refractivity contribution in [3.05, 3.63) is 34.9 Å². The molecule has 0 aromatic heterocycles. The fraction of sp³-hybridized carbons (Fsp3) is 0.571. The summed E-state index contributed by atoms with van der Waals surface area (Å²) in [6.45, 7) is 4.25. The van der Waals surface area contributed by atoms with Crippen LogP contribution in [-0.4, -0.2) is 37.8 Å². The molecule has 1 N–H and O–H groups in total. The van der Waals surface area contributed by atoms with E-state index in [4.69, 9.17) is 0 Å². The molecule has 1 aromatic rings. The molecule has 0 aliphatic heterocycles. The van der Waals surface area contributed by atoms with Crippen molar-refractivity contribution in [2.24, 2.45) is 0 Å². The van der Waals surface area contributed by atoms with Crippen molar-refractivity contribution >= 4 is 0 Å². The van der Waals surface area contributed by atoms with Crippen LogP contribution in [0.2, 0.25) is 0 Å². The molecular weight excluding hydrogens is 253 g/mol. The second-order valence-corrected chi connectivity index (χ2v) is 4.86. The van der Waals surface area contributed by atoms with Crippen LogP contribution < -0.4 is 5.32 Å². The lowest BCUT2D eigenvalue weighted by Gasteiger charge is -2.24. The van der Waals surface area contributed by atoms with Crippen LogP contribution in [0.1, 0.15) is 16.7 Å². The Morgan fingerprint density at radius 1 is 1.21 bits per heavy atom. The molecule has 0 fully saturated rings.